The van der Waals surface area contributed by atoms with Crippen molar-refractivity contribution in [1.82, 2.24) is 4.31 Å². The topological polar surface area (TPSA) is 94.2 Å². The van der Waals surface area contributed by atoms with E-state index in [-0.39, 0.29) is 17.2 Å². The van der Waals surface area contributed by atoms with Gasteiger partial charge in [0.05, 0.1) is 27.4 Å². The van der Waals surface area contributed by atoms with Crippen LogP contribution in [0.5, 0.6) is 17.2 Å². The van der Waals surface area contributed by atoms with Crippen molar-refractivity contribution in [2.24, 2.45) is 0 Å². The number of benzene rings is 2. The molecule has 9 heteroatoms. The van der Waals surface area contributed by atoms with Crippen LogP contribution in [-0.4, -0.2) is 53.0 Å². The van der Waals surface area contributed by atoms with Gasteiger partial charge in [0, 0.05) is 18.8 Å². The highest BCUT2D eigenvalue weighted by Crippen LogP contribution is 2.30. The highest BCUT2D eigenvalue weighted by atomic mass is 32.2. The third-order valence-electron chi connectivity index (χ3n) is 3.87. The van der Waals surface area contributed by atoms with Gasteiger partial charge >= 0.3 is 0 Å². The number of likely N-dealkylation sites (N-methyl/N-ethyl adjacent to an activating group) is 1. The molecular formula is C19H24N2O6S. The Morgan fingerprint density at radius 1 is 1.04 bits per heavy atom. The molecule has 0 spiro atoms. The van der Waals surface area contributed by atoms with Gasteiger partial charge in [0.2, 0.25) is 15.9 Å². The SMILES string of the molecule is CCOc1ccc(NC(=O)CN(C)S(=O)(=O)c2cc(OC)ccc2OC)cc1. The van der Waals surface area contributed by atoms with Crippen LogP contribution in [0.15, 0.2) is 47.4 Å². The summed E-state index contributed by atoms with van der Waals surface area (Å²) in [6, 6.07) is 11.3. The molecular weight excluding hydrogens is 384 g/mol. The van der Waals surface area contributed by atoms with Gasteiger partial charge in [-0.2, -0.15) is 4.31 Å². The van der Waals surface area contributed by atoms with E-state index in [2.05, 4.69) is 5.32 Å². The molecule has 8 nitrogen and oxygen atoms in total. The molecule has 2 aromatic rings. The predicted molar refractivity (Wildman–Crippen MR) is 106 cm³/mol. The highest BCUT2D eigenvalue weighted by Gasteiger charge is 2.27. The molecule has 1 N–H and O–H groups in total. The Bertz CT molecular complexity index is 913. The fourth-order valence-electron chi connectivity index (χ4n) is 2.44. The maximum absolute atomic E-state index is 12.9. The summed E-state index contributed by atoms with van der Waals surface area (Å²) >= 11 is 0. The van der Waals surface area contributed by atoms with Gasteiger partial charge in [-0.05, 0) is 43.3 Å². The van der Waals surface area contributed by atoms with Crippen molar-refractivity contribution in [2.45, 2.75) is 11.8 Å². The van der Waals surface area contributed by atoms with Gasteiger partial charge in [-0.1, -0.05) is 0 Å². The Morgan fingerprint density at radius 3 is 2.25 bits per heavy atom. The van der Waals surface area contributed by atoms with Crippen LogP contribution < -0.4 is 19.5 Å². The molecule has 0 radical (unpaired) electrons. The molecule has 0 unspecified atom stereocenters. The number of carbonyl (C=O) groups excluding carboxylic acids is 1. The smallest absolute Gasteiger partial charge is 0.247 e. The molecule has 2 aromatic carbocycles. The zero-order chi connectivity index (χ0) is 20.7. The second-order valence-corrected chi connectivity index (χ2v) is 7.80. The summed E-state index contributed by atoms with van der Waals surface area (Å²) in [6.07, 6.45) is 0. The van der Waals surface area contributed by atoms with Gasteiger partial charge in [0.15, 0.2) is 0 Å². The fraction of sp³-hybridized carbons (Fsp3) is 0.316. The number of amides is 1. The molecule has 2 rings (SSSR count). The first kappa shape index (κ1) is 21.5. The van der Waals surface area contributed by atoms with E-state index in [1.54, 1.807) is 30.3 Å². The first-order chi connectivity index (χ1) is 13.3. The number of methoxy groups -OCH3 is 2. The molecule has 0 aromatic heterocycles. The Morgan fingerprint density at radius 2 is 1.68 bits per heavy atom. The Hall–Kier alpha value is -2.78. The summed E-state index contributed by atoms with van der Waals surface area (Å²) < 4.78 is 42.3. The van der Waals surface area contributed by atoms with Gasteiger partial charge in [-0.15, -0.1) is 0 Å². The Balaban J connectivity index is 2.12. The summed E-state index contributed by atoms with van der Waals surface area (Å²) in [5.41, 5.74) is 0.540. The molecule has 0 aliphatic rings. The molecule has 152 valence electrons. The van der Waals surface area contributed by atoms with Crippen LogP contribution >= 0.6 is 0 Å². The Labute approximate surface area is 165 Å². The van der Waals surface area contributed by atoms with E-state index in [4.69, 9.17) is 14.2 Å². The molecule has 28 heavy (non-hydrogen) atoms. The second-order valence-electron chi connectivity index (χ2n) is 5.78. The number of sulfonamides is 1. The third kappa shape index (κ3) is 5.14. The van der Waals surface area contributed by atoms with Crippen molar-refractivity contribution in [3.8, 4) is 17.2 Å². The first-order valence-corrected chi connectivity index (χ1v) is 9.97. The summed E-state index contributed by atoms with van der Waals surface area (Å²) in [5.74, 6) is 0.744. The minimum atomic E-state index is -3.97. The van der Waals surface area contributed by atoms with Crippen molar-refractivity contribution in [1.29, 1.82) is 0 Å². The average Bonchev–Trinajstić information content (AvgIpc) is 2.69. The zero-order valence-corrected chi connectivity index (χ0v) is 17.1. The molecule has 0 saturated carbocycles. The zero-order valence-electron chi connectivity index (χ0n) is 16.3. The van der Waals surface area contributed by atoms with E-state index in [0.717, 1.165) is 4.31 Å². The first-order valence-electron chi connectivity index (χ1n) is 8.53. The van der Waals surface area contributed by atoms with E-state index >= 15 is 0 Å². The van der Waals surface area contributed by atoms with Crippen LogP contribution in [0.25, 0.3) is 0 Å². The lowest BCUT2D eigenvalue weighted by atomic mass is 10.3. The van der Waals surface area contributed by atoms with Crippen molar-refractivity contribution >= 4 is 21.6 Å². The molecule has 0 fully saturated rings. The number of hydrogen-bond acceptors (Lipinski definition) is 6. The lowest BCUT2D eigenvalue weighted by Gasteiger charge is -2.19. The van der Waals surface area contributed by atoms with Crippen molar-refractivity contribution in [2.75, 3.05) is 39.7 Å². The van der Waals surface area contributed by atoms with Crippen molar-refractivity contribution < 1.29 is 27.4 Å². The lowest BCUT2D eigenvalue weighted by molar-refractivity contribution is -0.116. The number of carbonyl (C=O) groups is 1. The molecule has 0 aliphatic carbocycles. The minimum Gasteiger partial charge on any atom is -0.497 e. The van der Waals surface area contributed by atoms with E-state index in [1.807, 2.05) is 6.92 Å². The second kappa shape index (κ2) is 9.43. The third-order valence-corrected chi connectivity index (χ3v) is 5.70. The highest BCUT2D eigenvalue weighted by molar-refractivity contribution is 7.89. The van der Waals surface area contributed by atoms with Gasteiger partial charge in [-0.3, -0.25) is 4.79 Å². The van der Waals surface area contributed by atoms with E-state index < -0.39 is 15.9 Å². The van der Waals surface area contributed by atoms with Crippen LogP contribution in [0.4, 0.5) is 5.69 Å². The van der Waals surface area contributed by atoms with Crippen LogP contribution in [0.3, 0.4) is 0 Å². The number of nitrogens with one attached hydrogen (secondary N) is 1. The summed E-state index contributed by atoms with van der Waals surface area (Å²) in [4.78, 5) is 12.2. The largest absolute Gasteiger partial charge is 0.497 e. The molecule has 0 bridgehead atoms. The Kier molecular flexibility index (Phi) is 7.24. The molecule has 0 saturated heterocycles. The minimum absolute atomic E-state index is 0.0780. The van der Waals surface area contributed by atoms with Gasteiger partial charge in [-0.25, -0.2) is 8.42 Å². The van der Waals surface area contributed by atoms with Crippen LogP contribution in [0.2, 0.25) is 0 Å². The lowest BCUT2D eigenvalue weighted by Crippen LogP contribution is -2.35. The molecule has 1 amide bonds. The van der Waals surface area contributed by atoms with Crippen LogP contribution in [0.1, 0.15) is 6.92 Å². The van der Waals surface area contributed by atoms with Gasteiger partial charge in [0.25, 0.3) is 0 Å². The summed E-state index contributed by atoms with van der Waals surface area (Å²) in [6.45, 7) is 2.06. The monoisotopic (exact) mass is 408 g/mol. The summed E-state index contributed by atoms with van der Waals surface area (Å²) in [7, 11) is 0.168. The maximum Gasteiger partial charge on any atom is 0.247 e. The molecule has 0 aliphatic heterocycles. The van der Waals surface area contributed by atoms with Gasteiger partial charge in [0.1, 0.15) is 22.1 Å². The van der Waals surface area contributed by atoms with Crippen molar-refractivity contribution in [3.05, 3.63) is 42.5 Å². The van der Waals surface area contributed by atoms with Gasteiger partial charge < -0.3 is 19.5 Å². The average molecular weight is 408 g/mol. The van der Waals surface area contributed by atoms with E-state index in [9.17, 15) is 13.2 Å². The normalized spacial score (nSPS) is 11.2. The van der Waals surface area contributed by atoms with E-state index in [0.29, 0.717) is 23.8 Å². The molecule has 0 atom stereocenters. The maximum atomic E-state index is 12.9. The summed E-state index contributed by atoms with van der Waals surface area (Å²) in [5, 5.41) is 2.66. The standard InChI is InChI=1S/C19H24N2O6S/c1-5-27-15-8-6-14(7-9-15)20-19(22)13-21(2)28(23,24)18-12-16(25-3)10-11-17(18)26-4/h6-12H,5,13H2,1-4H3,(H,20,22). The van der Waals surface area contributed by atoms with Crippen molar-refractivity contribution in [3.63, 3.8) is 0 Å². The quantitative estimate of drug-likeness (QED) is 0.685. The number of anilines is 1. The van der Waals surface area contributed by atoms with Crippen LogP contribution in [0, 0.1) is 0 Å². The predicted octanol–water partition coefficient (Wildman–Crippen LogP) is 2.36. The fourth-order valence-corrected chi connectivity index (χ4v) is 3.74. The number of ether oxygens (including phenoxy) is 3. The van der Waals surface area contributed by atoms with Crippen LogP contribution in [-0.2, 0) is 14.8 Å². The number of rotatable bonds is 9. The number of hydrogen-bond donors (Lipinski definition) is 1. The van der Waals surface area contributed by atoms with E-state index in [1.165, 1.54) is 33.4 Å². The molecule has 0 heterocycles. The number of nitrogens with zero attached hydrogens (tertiary/aromatic N) is 1.